The predicted octanol–water partition coefficient (Wildman–Crippen LogP) is 2.59. The molecule has 0 saturated heterocycles. The lowest BCUT2D eigenvalue weighted by molar-refractivity contribution is 0.483. The van der Waals surface area contributed by atoms with E-state index in [2.05, 4.69) is 20.5 Å². The van der Waals surface area contributed by atoms with E-state index in [4.69, 9.17) is 0 Å². The Morgan fingerprint density at radius 2 is 1.72 bits per heavy atom. The highest BCUT2D eigenvalue weighted by Gasteiger charge is 2.14. The minimum Gasteiger partial charge on any atom is -0.282 e. The lowest BCUT2D eigenvalue weighted by Crippen LogP contribution is -2.10. The molecule has 0 saturated carbocycles. The minimum absolute atomic E-state index is 0.216. The van der Waals surface area contributed by atoms with Gasteiger partial charge in [0.25, 0.3) is 10.1 Å². The van der Waals surface area contributed by atoms with Gasteiger partial charge in [-0.3, -0.25) is 15.0 Å². The van der Waals surface area contributed by atoms with Gasteiger partial charge in [-0.15, -0.1) is 0 Å². The van der Waals surface area contributed by atoms with E-state index in [0.29, 0.717) is 22.8 Å². The molecule has 0 unspecified atom stereocenters. The molecular formula is C17H14N4O3S. The molecule has 0 radical (unpaired) electrons. The average molecular weight is 354 g/mol. The first kappa shape index (κ1) is 16.7. The van der Waals surface area contributed by atoms with Gasteiger partial charge in [0.1, 0.15) is 11.5 Å². The maximum Gasteiger partial charge on any atom is 0.294 e. The van der Waals surface area contributed by atoms with Crippen LogP contribution in [0.5, 0.6) is 0 Å². The number of hydrogen-bond donors (Lipinski definition) is 2. The fraction of sp³-hybridized carbons (Fsp3) is 0. The van der Waals surface area contributed by atoms with Gasteiger partial charge < -0.3 is 0 Å². The van der Waals surface area contributed by atoms with Crippen molar-refractivity contribution in [2.24, 2.45) is 5.10 Å². The van der Waals surface area contributed by atoms with Crippen LogP contribution in [0.15, 0.2) is 83.1 Å². The summed E-state index contributed by atoms with van der Waals surface area (Å²) in [7, 11) is -4.32. The zero-order valence-corrected chi connectivity index (χ0v) is 13.8. The van der Waals surface area contributed by atoms with Crippen molar-refractivity contribution in [3.05, 3.63) is 84.3 Å². The van der Waals surface area contributed by atoms with Gasteiger partial charge in [-0.1, -0.05) is 24.3 Å². The summed E-state index contributed by atoms with van der Waals surface area (Å²) in [4.78, 5) is 8.16. The summed E-state index contributed by atoms with van der Waals surface area (Å²) < 4.78 is 32.1. The van der Waals surface area contributed by atoms with Crippen LogP contribution in [0.1, 0.15) is 11.3 Å². The van der Waals surface area contributed by atoms with Gasteiger partial charge in [-0.25, -0.2) is 4.98 Å². The van der Waals surface area contributed by atoms with Crippen molar-refractivity contribution in [2.75, 3.05) is 5.43 Å². The molecule has 0 amide bonds. The van der Waals surface area contributed by atoms with E-state index in [1.165, 1.54) is 18.2 Å². The first-order chi connectivity index (χ1) is 12.0. The fourth-order valence-electron chi connectivity index (χ4n) is 2.12. The molecule has 0 aliphatic rings. The number of benzene rings is 1. The van der Waals surface area contributed by atoms with Crippen LogP contribution in [0.4, 0.5) is 5.82 Å². The molecule has 7 nitrogen and oxygen atoms in total. The number of nitrogens with one attached hydrogen (secondary N) is 1. The smallest absolute Gasteiger partial charge is 0.282 e. The number of pyridine rings is 2. The molecule has 8 heteroatoms. The second-order valence-corrected chi connectivity index (χ2v) is 6.43. The van der Waals surface area contributed by atoms with Crippen LogP contribution in [-0.4, -0.2) is 28.7 Å². The molecule has 3 aromatic rings. The van der Waals surface area contributed by atoms with Crippen LogP contribution in [-0.2, 0) is 10.1 Å². The molecule has 0 bridgehead atoms. The SMILES string of the molecule is O=S(=O)(O)c1cccc(/C(=N\Nc2ccccn2)c2ccccn2)c1. The maximum absolute atomic E-state index is 11.4. The molecule has 2 N–H and O–H groups in total. The molecule has 0 aliphatic carbocycles. The van der Waals surface area contributed by atoms with Crippen LogP contribution in [0, 0.1) is 0 Å². The number of nitrogens with zero attached hydrogens (tertiary/aromatic N) is 3. The van der Waals surface area contributed by atoms with E-state index in [9.17, 15) is 13.0 Å². The third kappa shape index (κ3) is 4.25. The molecule has 2 heterocycles. The van der Waals surface area contributed by atoms with E-state index in [-0.39, 0.29) is 4.90 Å². The number of anilines is 1. The highest BCUT2D eigenvalue weighted by molar-refractivity contribution is 7.85. The zero-order chi connectivity index (χ0) is 17.7. The Kier molecular flexibility index (Phi) is 4.82. The predicted molar refractivity (Wildman–Crippen MR) is 94.0 cm³/mol. The van der Waals surface area contributed by atoms with Crippen molar-refractivity contribution in [1.29, 1.82) is 0 Å². The Hall–Kier alpha value is -3.10. The lowest BCUT2D eigenvalue weighted by Gasteiger charge is -2.08. The van der Waals surface area contributed by atoms with Crippen molar-refractivity contribution in [1.82, 2.24) is 9.97 Å². The molecule has 0 spiro atoms. The number of aromatic nitrogens is 2. The van der Waals surface area contributed by atoms with Gasteiger partial charge in [0.2, 0.25) is 0 Å². The van der Waals surface area contributed by atoms with Gasteiger partial charge >= 0.3 is 0 Å². The molecule has 2 aromatic heterocycles. The maximum atomic E-state index is 11.4. The molecule has 0 aliphatic heterocycles. The first-order valence-electron chi connectivity index (χ1n) is 7.28. The minimum atomic E-state index is -4.32. The van der Waals surface area contributed by atoms with Gasteiger partial charge in [0.15, 0.2) is 0 Å². The Bertz CT molecular complexity index is 991. The summed E-state index contributed by atoms with van der Waals surface area (Å²) in [5.41, 5.74) is 4.26. The Morgan fingerprint density at radius 1 is 0.960 bits per heavy atom. The monoisotopic (exact) mass is 354 g/mol. The third-order valence-corrected chi connectivity index (χ3v) is 4.11. The largest absolute Gasteiger partial charge is 0.294 e. The number of hydrogen-bond acceptors (Lipinski definition) is 6. The van der Waals surface area contributed by atoms with Crippen molar-refractivity contribution in [3.8, 4) is 0 Å². The van der Waals surface area contributed by atoms with Crippen molar-refractivity contribution in [2.45, 2.75) is 4.90 Å². The summed E-state index contributed by atoms with van der Waals surface area (Å²) in [5, 5.41) is 4.32. The highest BCUT2D eigenvalue weighted by atomic mass is 32.2. The molecule has 0 fully saturated rings. The van der Waals surface area contributed by atoms with Crippen LogP contribution in [0.3, 0.4) is 0 Å². The summed E-state index contributed by atoms with van der Waals surface area (Å²) in [6, 6.07) is 16.5. The van der Waals surface area contributed by atoms with Gasteiger partial charge in [-0.05, 0) is 36.4 Å². The van der Waals surface area contributed by atoms with Crippen LogP contribution >= 0.6 is 0 Å². The van der Waals surface area contributed by atoms with Crippen LogP contribution in [0.2, 0.25) is 0 Å². The Morgan fingerprint density at radius 3 is 2.36 bits per heavy atom. The molecule has 126 valence electrons. The van der Waals surface area contributed by atoms with Crippen LogP contribution in [0.25, 0.3) is 0 Å². The average Bonchev–Trinajstić information content (AvgIpc) is 2.63. The van der Waals surface area contributed by atoms with E-state index in [1.54, 1.807) is 48.8 Å². The normalized spacial score (nSPS) is 12.0. The van der Waals surface area contributed by atoms with Crippen molar-refractivity contribution < 1.29 is 13.0 Å². The van der Waals surface area contributed by atoms with E-state index in [0.717, 1.165) is 0 Å². The van der Waals surface area contributed by atoms with Crippen molar-refractivity contribution >= 4 is 21.6 Å². The fourth-order valence-corrected chi connectivity index (χ4v) is 2.64. The van der Waals surface area contributed by atoms with E-state index < -0.39 is 10.1 Å². The topological polar surface area (TPSA) is 105 Å². The molecular weight excluding hydrogens is 340 g/mol. The first-order valence-corrected chi connectivity index (χ1v) is 8.72. The zero-order valence-electron chi connectivity index (χ0n) is 12.9. The van der Waals surface area contributed by atoms with Gasteiger partial charge in [0, 0.05) is 18.0 Å². The highest BCUT2D eigenvalue weighted by Crippen LogP contribution is 2.15. The summed E-state index contributed by atoms with van der Waals surface area (Å²) in [6.45, 7) is 0. The van der Waals surface area contributed by atoms with Gasteiger partial charge in [0.05, 0.1) is 10.6 Å². The number of rotatable bonds is 5. The lowest BCUT2D eigenvalue weighted by atomic mass is 10.1. The Balaban J connectivity index is 2.06. The molecule has 1 aromatic carbocycles. The molecule has 3 rings (SSSR count). The third-order valence-electron chi connectivity index (χ3n) is 3.26. The summed E-state index contributed by atoms with van der Waals surface area (Å²) in [5.74, 6) is 0.530. The summed E-state index contributed by atoms with van der Waals surface area (Å²) in [6.07, 6.45) is 3.23. The van der Waals surface area contributed by atoms with E-state index >= 15 is 0 Å². The standard InChI is InChI=1S/C17H14N4O3S/c22-25(23,24)14-7-5-6-13(12-14)17(15-8-1-3-10-18-15)21-20-16-9-2-4-11-19-16/h1-12H,(H,19,20)(H,22,23,24)/b21-17+. The quantitative estimate of drug-likeness (QED) is 0.414. The molecule has 25 heavy (non-hydrogen) atoms. The van der Waals surface area contributed by atoms with Gasteiger partial charge in [-0.2, -0.15) is 13.5 Å². The Labute approximate surface area is 144 Å². The second kappa shape index (κ2) is 7.20. The van der Waals surface area contributed by atoms with Crippen LogP contribution < -0.4 is 5.43 Å². The number of hydrazone groups is 1. The van der Waals surface area contributed by atoms with Crippen molar-refractivity contribution in [3.63, 3.8) is 0 Å². The molecule has 0 atom stereocenters. The van der Waals surface area contributed by atoms with E-state index in [1.807, 2.05) is 6.07 Å². The summed E-state index contributed by atoms with van der Waals surface area (Å²) >= 11 is 0. The second-order valence-electron chi connectivity index (χ2n) is 5.01.